The number of hydrogen-bond acceptors (Lipinski definition) is 2. The average molecular weight is 212 g/mol. The van der Waals surface area contributed by atoms with Crippen LogP contribution < -0.4 is 5.32 Å². The van der Waals surface area contributed by atoms with E-state index in [4.69, 9.17) is 11.6 Å². The Kier molecular flexibility index (Phi) is 2.94. The summed E-state index contributed by atoms with van der Waals surface area (Å²) < 4.78 is 0. The van der Waals surface area contributed by atoms with Crippen LogP contribution in [0.5, 0.6) is 5.75 Å². The Balaban J connectivity index is 1.91. The molecule has 1 aliphatic heterocycles. The number of aryl methyl sites for hydroxylation is 1. The van der Waals surface area contributed by atoms with Crippen LogP contribution in [0.15, 0.2) is 18.2 Å². The lowest BCUT2D eigenvalue weighted by Gasteiger charge is -2.26. The first-order valence-electron chi connectivity index (χ1n) is 4.94. The van der Waals surface area contributed by atoms with E-state index in [2.05, 4.69) is 5.32 Å². The summed E-state index contributed by atoms with van der Waals surface area (Å²) in [5, 5.41) is 12.9. The van der Waals surface area contributed by atoms with Crippen molar-refractivity contribution in [3.8, 4) is 5.75 Å². The standard InChI is InChI=1S/C11H14ClNO/c12-10-5-8(3-4-11(10)14)1-2-9-6-13-7-9/h3-5,9,13-14H,1-2,6-7H2. The molecule has 0 amide bonds. The monoisotopic (exact) mass is 211 g/mol. The number of halogens is 1. The second-order valence-electron chi connectivity index (χ2n) is 3.85. The minimum atomic E-state index is 0.167. The van der Waals surface area contributed by atoms with Gasteiger partial charge in [-0.05, 0) is 49.5 Å². The van der Waals surface area contributed by atoms with Crippen molar-refractivity contribution >= 4 is 11.6 Å². The minimum Gasteiger partial charge on any atom is -0.506 e. The molecular weight excluding hydrogens is 198 g/mol. The third-order valence-electron chi connectivity index (χ3n) is 2.72. The molecule has 0 atom stereocenters. The molecule has 1 saturated heterocycles. The van der Waals surface area contributed by atoms with Crippen molar-refractivity contribution in [2.45, 2.75) is 12.8 Å². The van der Waals surface area contributed by atoms with Gasteiger partial charge in [0, 0.05) is 0 Å². The summed E-state index contributed by atoms with van der Waals surface area (Å²) in [6, 6.07) is 5.45. The molecule has 0 saturated carbocycles. The van der Waals surface area contributed by atoms with Crippen molar-refractivity contribution in [3.63, 3.8) is 0 Å². The number of benzene rings is 1. The second-order valence-corrected chi connectivity index (χ2v) is 4.26. The Hall–Kier alpha value is -0.730. The summed E-state index contributed by atoms with van der Waals surface area (Å²) in [4.78, 5) is 0. The van der Waals surface area contributed by atoms with Crippen LogP contribution in [0.2, 0.25) is 5.02 Å². The fourth-order valence-corrected chi connectivity index (χ4v) is 1.83. The number of phenols is 1. The average Bonchev–Trinajstić information content (AvgIpc) is 2.08. The fraction of sp³-hybridized carbons (Fsp3) is 0.455. The smallest absolute Gasteiger partial charge is 0.134 e. The molecule has 2 nitrogen and oxygen atoms in total. The van der Waals surface area contributed by atoms with E-state index < -0.39 is 0 Å². The van der Waals surface area contributed by atoms with Crippen molar-refractivity contribution in [3.05, 3.63) is 28.8 Å². The van der Waals surface area contributed by atoms with Gasteiger partial charge in [-0.2, -0.15) is 0 Å². The molecule has 0 spiro atoms. The Morgan fingerprint density at radius 3 is 2.79 bits per heavy atom. The summed E-state index contributed by atoms with van der Waals surface area (Å²) in [6.45, 7) is 2.29. The van der Waals surface area contributed by atoms with E-state index in [1.54, 1.807) is 6.07 Å². The highest BCUT2D eigenvalue weighted by Gasteiger charge is 2.15. The molecule has 0 unspecified atom stereocenters. The van der Waals surface area contributed by atoms with Crippen LogP contribution in [0.25, 0.3) is 0 Å². The lowest BCUT2D eigenvalue weighted by molar-refractivity contribution is 0.328. The third-order valence-corrected chi connectivity index (χ3v) is 3.02. The van der Waals surface area contributed by atoms with Crippen molar-refractivity contribution < 1.29 is 5.11 Å². The Morgan fingerprint density at radius 2 is 2.21 bits per heavy atom. The predicted octanol–water partition coefficient (Wildman–Crippen LogP) is 2.20. The van der Waals surface area contributed by atoms with E-state index in [1.165, 1.54) is 12.0 Å². The summed E-state index contributed by atoms with van der Waals surface area (Å²) in [5.74, 6) is 0.989. The van der Waals surface area contributed by atoms with E-state index in [1.807, 2.05) is 12.1 Å². The molecule has 1 aromatic rings. The predicted molar refractivity (Wildman–Crippen MR) is 57.8 cm³/mol. The maximum atomic E-state index is 9.24. The molecule has 0 aromatic heterocycles. The number of nitrogens with one attached hydrogen (secondary N) is 1. The van der Waals surface area contributed by atoms with E-state index in [0.29, 0.717) is 5.02 Å². The van der Waals surface area contributed by atoms with Crippen LogP contribution in [0.4, 0.5) is 0 Å². The molecule has 1 fully saturated rings. The highest BCUT2D eigenvalue weighted by Crippen LogP contribution is 2.25. The number of rotatable bonds is 3. The summed E-state index contributed by atoms with van der Waals surface area (Å²) in [7, 11) is 0. The highest BCUT2D eigenvalue weighted by molar-refractivity contribution is 6.32. The topological polar surface area (TPSA) is 32.3 Å². The van der Waals surface area contributed by atoms with Gasteiger partial charge in [0.15, 0.2) is 0 Å². The van der Waals surface area contributed by atoms with Gasteiger partial charge < -0.3 is 10.4 Å². The van der Waals surface area contributed by atoms with Gasteiger partial charge in [0.1, 0.15) is 5.75 Å². The van der Waals surface area contributed by atoms with Gasteiger partial charge in [-0.15, -0.1) is 0 Å². The maximum absolute atomic E-state index is 9.24. The number of aromatic hydroxyl groups is 1. The van der Waals surface area contributed by atoms with E-state index in [-0.39, 0.29) is 5.75 Å². The lowest BCUT2D eigenvalue weighted by Crippen LogP contribution is -2.42. The number of phenolic OH excluding ortho intramolecular Hbond substituents is 1. The van der Waals surface area contributed by atoms with Gasteiger partial charge >= 0.3 is 0 Å². The molecule has 14 heavy (non-hydrogen) atoms. The molecule has 1 aliphatic rings. The van der Waals surface area contributed by atoms with Crippen molar-refractivity contribution in [1.82, 2.24) is 5.32 Å². The summed E-state index contributed by atoms with van der Waals surface area (Å²) in [5.41, 5.74) is 1.21. The van der Waals surface area contributed by atoms with Gasteiger partial charge in [0.05, 0.1) is 5.02 Å². The second kappa shape index (κ2) is 4.20. The molecule has 3 heteroatoms. The van der Waals surface area contributed by atoms with Crippen LogP contribution in [-0.4, -0.2) is 18.2 Å². The largest absolute Gasteiger partial charge is 0.506 e. The summed E-state index contributed by atoms with van der Waals surface area (Å²) in [6.07, 6.45) is 2.25. The van der Waals surface area contributed by atoms with Crippen LogP contribution in [0, 0.1) is 5.92 Å². The zero-order chi connectivity index (χ0) is 9.97. The van der Waals surface area contributed by atoms with E-state index in [9.17, 15) is 5.11 Å². The minimum absolute atomic E-state index is 0.167. The van der Waals surface area contributed by atoms with Gasteiger partial charge in [0.25, 0.3) is 0 Å². The Labute approximate surface area is 88.9 Å². The number of hydrogen-bond donors (Lipinski definition) is 2. The van der Waals surface area contributed by atoms with Gasteiger partial charge in [-0.1, -0.05) is 17.7 Å². The zero-order valence-electron chi connectivity index (χ0n) is 7.96. The zero-order valence-corrected chi connectivity index (χ0v) is 8.72. The Bertz CT molecular complexity index is 323. The van der Waals surface area contributed by atoms with Crippen LogP contribution in [-0.2, 0) is 6.42 Å². The first kappa shape index (κ1) is 9.81. The van der Waals surface area contributed by atoms with Crippen LogP contribution in [0.3, 0.4) is 0 Å². The third kappa shape index (κ3) is 2.20. The quantitative estimate of drug-likeness (QED) is 0.804. The maximum Gasteiger partial charge on any atom is 0.134 e. The van der Waals surface area contributed by atoms with Gasteiger partial charge in [0.2, 0.25) is 0 Å². The van der Waals surface area contributed by atoms with Crippen LogP contribution >= 0.6 is 11.6 Å². The molecule has 1 aromatic carbocycles. The Morgan fingerprint density at radius 1 is 1.43 bits per heavy atom. The van der Waals surface area contributed by atoms with E-state index in [0.717, 1.165) is 25.4 Å². The van der Waals surface area contributed by atoms with Crippen molar-refractivity contribution in [1.29, 1.82) is 0 Å². The molecule has 0 aliphatic carbocycles. The van der Waals surface area contributed by atoms with Gasteiger partial charge in [-0.3, -0.25) is 0 Å². The lowest BCUT2D eigenvalue weighted by atomic mass is 9.95. The molecule has 0 radical (unpaired) electrons. The van der Waals surface area contributed by atoms with Gasteiger partial charge in [-0.25, -0.2) is 0 Å². The van der Waals surface area contributed by atoms with E-state index >= 15 is 0 Å². The first-order valence-corrected chi connectivity index (χ1v) is 5.31. The van der Waals surface area contributed by atoms with Crippen LogP contribution in [0.1, 0.15) is 12.0 Å². The normalized spacial score (nSPS) is 16.6. The first-order chi connectivity index (χ1) is 6.75. The molecule has 1 heterocycles. The fourth-order valence-electron chi connectivity index (χ4n) is 1.63. The molecule has 0 bridgehead atoms. The SMILES string of the molecule is Oc1ccc(CCC2CNC2)cc1Cl. The molecular formula is C11H14ClNO. The molecule has 76 valence electrons. The highest BCUT2D eigenvalue weighted by atomic mass is 35.5. The van der Waals surface area contributed by atoms with Crippen molar-refractivity contribution in [2.75, 3.05) is 13.1 Å². The summed E-state index contributed by atoms with van der Waals surface area (Å²) >= 11 is 5.81. The molecule has 2 rings (SSSR count). The van der Waals surface area contributed by atoms with Crippen molar-refractivity contribution in [2.24, 2.45) is 5.92 Å². The molecule has 2 N–H and O–H groups in total.